The van der Waals surface area contributed by atoms with Crippen molar-refractivity contribution in [1.29, 1.82) is 0 Å². The van der Waals surface area contributed by atoms with E-state index < -0.39 is 12.1 Å². The fraction of sp³-hybridized carbons (Fsp3) is 0.100. The van der Waals surface area contributed by atoms with Crippen LogP contribution in [-0.4, -0.2) is 11.3 Å². The van der Waals surface area contributed by atoms with Gasteiger partial charge in [0.05, 0.1) is 5.70 Å². The maximum Gasteiger partial charge on any atom is 0.277 e. The highest BCUT2D eigenvalue weighted by Gasteiger charge is 2.07. The third kappa shape index (κ3) is 2.88. The number of alkyl halides is 2. The minimum Gasteiger partial charge on any atom is -0.397 e. The second-order valence-electron chi connectivity index (χ2n) is 2.68. The van der Waals surface area contributed by atoms with Gasteiger partial charge < -0.3 is 5.73 Å². The molecule has 0 atom stereocenters. The number of thiocarbonyl (C=S) groups is 1. The summed E-state index contributed by atoms with van der Waals surface area (Å²) in [7, 11) is 0. The van der Waals surface area contributed by atoms with Gasteiger partial charge in [0.15, 0.2) is 0 Å². The van der Waals surface area contributed by atoms with E-state index in [0.717, 1.165) is 6.08 Å². The second-order valence-corrected chi connectivity index (χ2v) is 3.12. The van der Waals surface area contributed by atoms with E-state index in [-0.39, 0.29) is 0 Å². The van der Waals surface area contributed by atoms with Crippen molar-refractivity contribution in [1.82, 2.24) is 0 Å². The SMILES string of the molecule is N/C(=C\C(=S)c1ccccc1)C(F)F. The van der Waals surface area contributed by atoms with Gasteiger partial charge in [-0.15, -0.1) is 0 Å². The fourth-order valence-corrected chi connectivity index (χ4v) is 1.17. The van der Waals surface area contributed by atoms with Crippen molar-refractivity contribution in [3.05, 3.63) is 47.7 Å². The molecule has 1 rings (SSSR count). The van der Waals surface area contributed by atoms with Crippen molar-refractivity contribution in [2.24, 2.45) is 5.73 Å². The van der Waals surface area contributed by atoms with Crippen LogP contribution in [0.5, 0.6) is 0 Å². The normalized spacial score (nSPS) is 11.8. The molecule has 0 saturated heterocycles. The molecule has 2 N–H and O–H groups in total. The van der Waals surface area contributed by atoms with E-state index in [1.165, 1.54) is 0 Å². The average molecular weight is 213 g/mol. The number of benzene rings is 1. The lowest BCUT2D eigenvalue weighted by Crippen LogP contribution is -2.09. The summed E-state index contributed by atoms with van der Waals surface area (Å²) >= 11 is 4.93. The Morgan fingerprint density at radius 2 is 1.86 bits per heavy atom. The monoisotopic (exact) mass is 213 g/mol. The van der Waals surface area contributed by atoms with Gasteiger partial charge in [0.1, 0.15) is 0 Å². The van der Waals surface area contributed by atoms with Crippen LogP contribution in [0.3, 0.4) is 0 Å². The molecule has 0 spiro atoms. The van der Waals surface area contributed by atoms with E-state index >= 15 is 0 Å². The Balaban J connectivity index is 2.83. The van der Waals surface area contributed by atoms with Crippen LogP contribution in [-0.2, 0) is 0 Å². The molecule has 0 heterocycles. The van der Waals surface area contributed by atoms with Crippen molar-refractivity contribution in [3.63, 3.8) is 0 Å². The summed E-state index contributed by atoms with van der Waals surface area (Å²) in [6.07, 6.45) is -1.54. The summed E-state index contributed by atoms with van der Waals surface area (Å²) in [6, 6.07) is 8.89. The van der Waals surface area contributed by atoms with Crippen LogP contribution in [0.2, 0.25) is 0 Å². The minimum absolute atomic E-state index is 0.323. The van der Waals surface area contributed by atoms with Crippen LogP contribution in [0, 0.1) is 0 Å². The average Bonchev–Trinajstić information content (AvgIpc) is 2.19. The number of hydrogen-bond acceptors (Lipinski definition) is 2. The summed E-state index contributed by atoms with van der Waals surface area (Å²) in [5.74, 6) is 0. The fourth-order valence-electron chi connectivity index (χ4n) is 0.900. The maximum atomic E-state index is 12.1. The molecule has 0 bridgehead atoms. The number of allylic oxidation sites excluding steroid dienone is 2. The predicted octanol–water partition coefficient (Wildman–Crippen LogP) is 2.51. The van der Waals surface area contributed by atoms with Gasteiger partial charge >= 0.3 is 0 Å². The van der Waals surface area contributed by atoms with Gasteiger partial charge in [0.2, 0.25) is 0 Å². The second kappa shape index (κ2) is 4.81. The van der Waals surface area contributed by atoms with E-state index in [0.29, 0.717) is 10.4 Å². The molecule has 1 aromatic rings. The zero-order chi connectivity index (χ0) is 10.6. The number of halogens is 2. The standard InChI is InChI=1S/C10H9F2NS/c11-10(12)8(13)6-9(14)7-4-2-1-3-5-7/h1-6,10H,13H2/b8-6-. The Morgan fingerprint density at radius 3 is 2.36 bits per heavy atom. The summed E-state index contributed by atoms with van der Waals surface area (Å²) in [6.45, 7) is 0. The van der Waals surface area contributed by atoms with Crippen molar-refractivity contribution in [2.75, 3.05) is 0 Å². The van der Waals surface area contributed by atoms with E-state index in [2.05, 4.69) is 0 Å². The van der Waals surface area contributed by atoms with Gasteiger partial charge in [-0.25, -0.2) is 8.78 Å². The Morgan fingerprint density at radius 1 is 1.29 bits per heavy atom. The molecule has 1 aromatic carbocycles. The van der Waals surface area contributed by atoms with Gasteiger partial charge in [0, 0.05) is 4.86 Å². The molecule has 0 aliphatic carbocycles. The first-order chi connectivity index (χ1) is 6.61. The van der Waals surface area contributed by atoms with Crippen LogP contribution in [0.15, 0.2) is 42.1 Å². The summed E-state index contributed by atoms with van der Waals surface area (Å²) in [5, 5.41) is 0. The smallest absolute Gasteiger partial charge is 0.277 e. The van der Waals surface area contributed by atoms with E-state index in [9.17, 15) is 8.78 Å². The highest BCUT2D eigenvalue weighted by Crippen LogP contribution is 2.07. The molecule has 0 saturated carbocycles. The molecule has 0 radical (unpaired) electrons. The first kappa shape index (κ1) is 10.8. The van der Waals surface area contributed by atoms with Crippen LogP contribution >= 0.6 is 12.2 Å². The molecule has 14 heavy (non-hydrogen) atoms. The molecule has 0 aromatic heterocycles. The van der Waals surface area contributed by atoms with Crippen molar-refractivity contribution in [2.45, 2.75) is 6.43 Å². The van der Waals surface area contributed by atoms with Gasteiger partial charge in [-0.05, 0) is 11.6 Å². The molecule has 0 aliphatic heterocycles. The number of rotatable bonds is 3. The Kier molecular flexibility index (Phi) is 3.71. The summed E-state index contributed by atoms with van der Waals surface area (Å²) < 4.78 is 24.1. The zero-order valence-corrected chi connectivity index (χ0v) is 8.10. The zero-order valence-electron chi connectivity index (χ0n) is 7.28. The molecule has 0 unspecified atom stereocenters. The van der Waals surface area contributed by atoms with E-state index in [1.807, 2.05) is 6.07 Å². The molecule has 0 amide bonds. The lowest BCUT2D eigenvalue weighted by atomic mass is 10.1. The lowest BCUT2D eigenvalue weighted by Gasteiger charge is -2.01. The maximum absolute atomic E-state index is 12.1. The number of hydrogen-bond donors (Lipinski definition) is 1. The third-order valence-electron chi connectivity index (χ3n) is 1.61. The molecule has 74 valence electrons. The van der Waals surface area contributed by atoms with E-state index in [4.69, 9.17) is 18.0 Å². The molecule has 0 aliphatic rings. The van der Waals surface area contributed by atoms with Crippen molar-refractivity contribution >= 4 is 17.1 Å². The summed E-state index contributed by atoms with van der Waals surface area (Å²) in [5.41, 5.74) is 5.29. The number of nitrogens with two attached hydrogens (primary N) is 1. The van der Waals surface area contributed by atoms with Gasteiger partial charge in [-0.1, -0.05) is 42.5 Å². The Labute approximate surface area is 86.2 Å². The van der Waals surface area contributed by atoms with E-state index in [1.54, 1.807) is 24.3 Å². The molecule has 4 heteroatoms. The molecule has 1 nitrogen and oxygen atoms in total. The Hall–Kier alpha value is -1.29. The first-order valence-corrected chi connectivity index (χ1v) is 4.36. The van der Waals surface area contributed by atoms with Crippen LogP contribution in [0.1, 0.15) is 5.56 Å². The molecular weight excluding hydrogens is 204 g/mol. The highest BCUT2D eigenvalue weighted by atomic mass is 32.1. The minimum atomic E-state index is -2.66. The van der Waals surface area contributed by atoms with Crippen LogP contribution in [0.4, 0.5) is 8.78 Å². The lowest BCUT2D eigenvalue weighted by molar-refractivity contribution is 0.188. The van der Waals surface area contributed by atoms with Crippen molar-refractivity contribution < 1.29 is 8.78 Å². The quantitative estimate of drug-likeness (QED) is 0.474. The first-order valence-electron chi connectivity index (χ1n) is 3.96. The predicted molar refractivity (Wildman–Crippen MR) is 56.4 cm³/mol. The van der Waals surface area contributed by atoms with Gasteiger partial charge in [-0.2, -0.15) is 0 Å². The van der Waals surface area contributed by atoms with Crippen molar-refractivity contribution in [3.8, 4) is 0 Å². The van der Waals surface area contributed by atoms with Crippen LogP contribution < -0.4 is 5.73 Å². The largest absolute Gasteiger partial charge is 0.397 e. The highest BCUT2D eigenvalue weighted by molar-refractivity contribution is 7.81. The van der Waals surface area contributed by atoms with Gasteiger partial charge in [0.25, 0.3) is 6.43 Å². The third-order valence-corrected chi connectivity index (χ3v) is 1.96. The summed E-state index contributed by atoms with van der Waals surface area (Å²) in [4.78, 5) is 0.323. The Bertz CT molecular complexity index is 346. The topological polar surface area (TPSA) is 26.0 Å². The molecular formula is C10H9F2NS. The van der Waals surface area contributed by atoms with Crippen LogP contribution in [0.25, 0.3) is 0 Å². The van der Waals surface area contributed by atoms with Gasteiger partial charge in [-0.3, -0.25) is 0 Å². The molecule has 0 fully saturated rings.